The lowest BCUT2D eigenvalue weighted by molar-refractivity contribution is -0.142. The molecule has 128 valence electrons. The van der Waals surface area contributed by atoms with Crippen molar-refractivity contribution in [2.24, 2.45) is 5.10 Å². The molecule has 0 bridgehead atoms. The number of aromatic nitrogens is 1. The van der Waals surface area contributed by atoms with Gasteiger partial charge in [-0.05, 0) is 31.5 Å². The average Bonchev–Trinajstić information content (AvgIpc) is 2.98. The zero-order valence-corrected chi connectivity index (χ0v) is 14.5. The van der Waals surface area contributed by atoms with E-state index in [0.717, 1.165) is 0 Å². The van der Waals surface area contributed by atoms with Crippen LogP contribution in [0, 0.1) is 6.92 Å². The van der Waals surface area contributed by atoms with E-state index in [1.807, 2.05) is 0 Å². The van der Waals surface area contributed by atoms with Crippen LogP contribution in [-0.4, -0.2) is 36.0 Å². The minimum atomic E-state index is -0.311. The highest BCUT2D eigenvalue weighted by molar-refractivity contribution is 7.13. The number of carbonyl (C=O) groups excluding carboxylic acids is 1. The molecule has 0 aliphatic rings. The van der Waals surface area contributed by atoms with Crippen LogP contribution in [0.4, 0.5) is 5.13 Å². The van der Waals surface area contributed by atoms with Crippen molar-refractivity contribution in [2.45, 2.75) is 20.3 Å². The van der Waals surface area contributed by atoms with Crippen molar-refractivity contribution in [3.8, 4) is 11.5 Å². The van der Waals surface area contributed by atoms with Crippen LogP contribution in [0.2, 0.25) is 0 Å². The van der Waals surface area contributed by atoms with E-state index in [0.29, 0.717) is 34.3 Å². The van der Waals surface area contributed by atoms with Gasteiger partial charge in [-0.25, -0.2) is 4.98 Å². The maximum Gasteiger partial charge on any atom is 0.311 e. The van der Waals surface area contributed by atoms with E-state index in [-0.39, 0.29) is 18.1 Å². The monoisotopic (exact) mass is 349 g/mol. The maximum atomic E-state index is 11.4. The second-order valence-corrected chi connectivity index (χ2v) is 5.74. The van der Waals surface area contributed by atoms with Gasteiger partial charge in [0.05, 0.1) is 32.0 Å². The molecule has 2 rings (SSSR count). The Morgan fingerprint density at radius 1 is 1.50 bits per heavy atom. The number of hydrogen-bond acceptors (Lipinski definition) is 8. The van der Waals surface area contributed by atoms with Crippen LogP contribution in [0.3, 0.4) is 0 Å². The number of methoxy groups -OCH3 is 1. The Bertz CT molecular complexity index is 743. The minimum Gasteiger partial charge on any atom is -0.507 e. The first-order valence-corrected chi connectivity index (χ1v) is 8.18. The van der Waals surface area contributed by atoms with Crippen LogP contribution in [0.25, 0.3) is 0 Å². The van der Waals surface area contributed by atoms with Gasteiger partial charge in [0.2, 0.25) is 5.13 Å². The molecule has 0 aliphatic carbocycles. The summed E-state index contributed by atoms with van der Waals surface area (Å²) in [6.07, 6.45) is 1.61. The van der Waals surface area contributed by atoms with E-state index in [9.17, 15) is 9.90 Å². The van der Waals surface area contributed by atoms with Crippen molar-refractivity contribution in [2.75, 3.05) is 19.1 Å². The van der Waals surface area contributed by atoms with E-state index in [2.05, 4.69) is 15.5 Å². The molecule has 0 unspecified atom stereocenters. The van der Waals surface area contributed by atoms with Crippen molar-refractivity contribution < 1.29 is 19.4 Å². The number of benzene rings is 1. The third-order valence-electron chi connectivity index (χ3n) is 3.09. The number of aromatic hydroxyl groups is 1. The first-order chi connectivity index (χ1) is 11.5. The first kappa shape index (κ1) is 17.7. The molecule has 0 fully saturated rings. The standard InChI is InChI=1S/C16H19N3O4S/c1-4-23-14(20)7-12-9-24-16(18-12)19-17-8-11-6-13(22-3)5-10(2)15(11)21/h5-6,8-9,21H,4,7H2,1-3H3,(H,18,19). The fourth-order valence-corrected chi connectivity index (χ4v) is 2.60. The number of phenols is 1. The van der Waals surface area contributed by atoms with Crippen LogP contribution in [0.5, 0.6) is 11.5 Å². The summed E-state index contributed by atoms with van der Waals surface area (Å²) in [5, 5.41) is 16.4. The summed E-state index contributed by atoms with van der Waals surface area (Å²) in [5.41, 5.74) is 4.62. The molecule has 1 aromatic heterocycles. The summed E-state index contributed by atoms with van der Waals surface area (Å²) < 4.78 is 10.0. The number of carbonyl (C=O) groups is 1. The fraction of sp³-hybridized carbons (Fsp3) is 0.312. The zero-order valence-electron chi connectivity index (χ0n) is 13.7. The highest BCUT2D eigenvalue weighted by Crippen LogP contribution is 2.26. The lowest BCUT2D eigenvalue weighted by Crippen LogP contribution is -2.07. The smallest absolute Gasteiger partial charge is 0.311 e. The van der Waals surface area contributed by atoms with Crippen LogP contribution in [0.15, 0.2) is 22.6 Å². The van der Waals surface area contributed by atoms with Gasteiger partial charge >= 0.3 is 5.97 Å². The van der Waals surface area contributed by atoms with E-state index >= 15 is 0 Å². The molecule has 0 saturated heterocycles. The van der Waals surface area contributed by atoms with Gasteiger partial charge < -0.3 is 14.6 Å². The normalized spacial score (nSPS) is 10.8. The largest absolute Gasteiger partial charge is 0.507 e. The summed E-state index contributed by atoms with van der Waals surface area (Å²) in [7, 11) is 1.56. The summed E-state index contributed by atoms with van der Waals surface area (Å²) >= 11 is 1.33. The Kier molecular flexibility index (Phi) is 6.14. The van der Waals surface area contributed by atoms with Crippen molar-refractivity contribution in [1.29, 1.82) is 0 Å². The Labute approximate surface area is 144 Å². The van der Waals surface area contributed by atoms with E-state index in [1.165, 1.54) is 17.6 Å². The molecule has 0 amide bonds. The number of hydrazone groups is 1. The molecule has 1 aromatic carbocycles. The van der Waals surface area contributed by atoms with E-state index in [1.54, 1.807) is 38.5 Å². The molecular formula is C16H19N3O4S. The lowest BCUT2D eigenvalue weighted by Gasteiger charge is -2.06. The topological polar surface area (TPSA) is 93.0 Å². The number of phenolic OH excluding ortho intramolecular Hbond substituents is 1. The molecule has 2 aromatic rings. The number of esters is 1. The third-order valence-corrected chi connectivity index (χ3v) is 3.88. The lowest BCUT2D eigenvalue weighted by atomic mass is 10.1. The van der Waals surface area contributed by atoms with Gasteiger partial charge in [-0.3, -0.25) is 10.2 Å². The first-order valence-electron chi connectivity index (χ1n) is 7.30. The molecule has 0 radical (unpaired) electrons. The Balaban J connectivity index is 2.01. The summed E-state index contributed by atoms with van der Waals surface area (Å²) in [5.74, 6) is 0.468. The van der Waals surface area contributed by atoms with Gasteiger partial charge in [-0.15, -0.1) is 11.3 Å². The van der Waals surface area contributed by atoms with Crippen LogP contribution >= 0.6 is 11.3 Å². The number of rotatable bonds is 7. The molecule has 0 atom stereocenters. The highest BCUT2D eigenvalue weighted by atomic mass is 32.1. The summed E-state index contributed by atoms with van der Waals surface area (Å²) in [4.78, 5) is 15.6. The SMILES string of the molecule is CCOC(=O)Cc1csc(NN=Cc2cc(OC)cc(C)c2O)n1. The number of ether oxygens (including phenoxy) is 2. The Hall–Kier alpha value is -2.61. The van der Waals surface area contributed by atoms with Crippen LogP contribution in [0.1, 0.15) is 23.7 Å². The Morgan fingerprint density at radius 2 is 2.29 bits per heavy atom. The number of thiazole rings is 1. The average molecular weight is 349 g/mol. The molecule has 1 heterocycles. The Morgan fingerprint density at radius 3 is 3.00 bits per heavy atom. The van der Waals surface area contributed by atoms with E-state index < -0.39 is 0 Å². The number of hydrogen-bond donors (Lipinski definition) is 2. The van der Waals surface area contributed by atoms with Gasteiger partial charge in [0, 0.05) is 10.9 Å². The van der Waals surface area contributed by atoms with E-state index in [4.69, 9.17) is 9.47 Å². The number of nitrogens with zero attached hydrogens (tertiary/aromatic N) is 2. The molecule has 24 heavy (non-hydrogen) atoms. The molecule has 0 spiro atoms. The van der Waals surface area contributed by atoms with Gasteiger partial charge in [-0.2, -0.15) is 5.10 Å². The molecule has 7 nitrogen and oxygen atoms in total. The number of aryl methyl sites for hydroxylation is 1. The minimum absolute atomic E-state index is 0.131. The van der Waals surface area contributed by atoms with Crippen LogP contribution < -0.4 is 10.2 Å². The second-order valence-electron chi connectivity index (χ2n) is 4.88. The zero-order chi connectivity index (χ0) is 17.5. The summed E-state index contributed by atoms with van der Waals surface area (Å²) in [6.45, 7) is 3.89. The van der Waals surface area contributed by atoms with Gasteiger partial charge in [-0.1, -0.05) is 0 Å². The fourth-order valence-electron chi connectivity index (χ4n) is 1.95. The summed E-state index contributed by atoms with van der Waals surface area (Å²) in [6, 6.07) is 3.42. The third kappa shape index (κ3) is 4.69. The molecule has 0 saturated carbocycles. The number of nitrogens with one attached hydrogen (secondary N) is 1. The molecule has 8 heteroatoms. The molecule has 0 aliphatic heterocycles. The maximum absolute atomic E-state index is 11.4. The second kappa shape index (κ2) is 8.30. The van der Waals surface area contributed by atoms with Crippen molar-refractivity contribution in [1.82, 2.24) is 4.98 Å². The van der Waals surface area contributed by atoms with Crippen molar-refractivity contribution in [3.05, 3.63) is 34.3 Å². The van der Waals surface area contributed by atoms with Crippen LogP contribution in [-0.2, 0) is 16.0 Å². The van der Waals surface area contributed by atoms with Crippen molar-refractivity contribution >= 4 is 28.7 Å². The molecular weight excluding hydrogens is 330 g/mol. The van der Waals surface area contributed by atoms with Gasteiger partial charge in [0.25, 0.3) is 0 Å². The van der Waals surface area contributed by atoms with Gasteiger partial charge in [0.15, 0.2) is 0 Å². The highest BCUT2D eigenvalue weighted by Gasteiger charge is 2.08. The quantitative estimate of drug-likeness (QED) is 0.453. The molecule has 2 N–H and O–H groups in total. The predicted molar refractivity (Wildman–Crippen MR) is 93.1 cm³/mol. The predicted octanol–water partition coefficient (Wildman–Crippen LogP) is 2.72. The van der Waals surface area contributed by atoms with Crippen molar-refractivity contribution in [3.63, 3.8) is 0 Å². The van der Waals surface area contributed by atoms with Gasteiger partial charge in [0.1, 0.15) is 11.5 Å². The number of anilines is 1.